The Morgan fingerprint density at radius 1 is 0.977 bits per heavy atom. The third-order valence-corrected chi connectivity index (χ3v) is 7.50. The number of nitrogens with zero attached hydrogens (tertiary/aromatic N) is 4. The van der Waals surface area contributed by atoms with E-state index in [0.29, 0.717) is 11.1 Å². The summed E-state index contributed by atoms with van der Waals surface area (Å²) in [5.74, 6) is -1.29. The van der Waals surface area contributed by atoms with Gasteiger partial charge in [-0.15, -0.1) is 0 Å². The highest BCUT2D eigenvalue weighted by molar-refractivity contribution is 5.91. The van der Waals surface area contributed by atoms with Crippen LogP contribution >= 0.6 is 0 Å². The van der Waals surface area contributed by atoms with Crippen molar-refractivity contribution in [3.05, 3.63) is 101 Å². The highest BCUT2D eigenvalue weighted by Crippen LogP contribution is 2.32. The lowest BCUT2D eigenvalue weighted by atomic mass is 9.98. The van der Waals surface area contributed by atoms with Gasteiger partial charge in [0.2, 0.25) is 11.8 Å². The van der Waals surface area contributed by atoms with E-state index < -0.39 is 47.6 Å². The van der Waals surface area contributed by atoms with Crippen molar-refractivity contribution in [1.29, 1.82) is 0 Å². The van der Waals surface area contributed by atoms with Crippen molar-refractivity contribution < 1.29 is 37.1 Å². The fourth-order valence-electron chi connectivity index (χ4n) is 5.43. The zero-order valence-electron chi connectivity index (χ0n) is 23.1. The number of aromatic hydroxyl groups is 1. The van der Waals surface area contributed by atoms with Crippen LogP contribution in [-0.2, 0) is 35.3 Å². The van der Waals surface area contributed by atoms with Crippen LogP contribution in [0, 0.1) is 5.82 Å². The molecule has 3 aromatic carbocycles. The smallest absolute Gasteiger partial charge is 0.416 e. The lowest BCUT2D eigenvalue weighted by molar-refractivity contribution is -0.187. The van der Waals surface area contributed by atoms with Gasteiger partial charge in [0.15, 0.2) is 0 Å². The lowest BCUT2D eigenvalue weighted by Crippen LogP contribution is -2.76. The Morgan fingerprint density at radius 2 is 1.65 bits per heavy atom. The molecule has 2 atom stereocenters. The summed E-state index contributed by atoms with van der Waals surface area (Å²) < 4.78 is 53.5. The zero-order chi connectivity index (χ0) is 30.9. The van der Waals surface area contributed by atoms with Crippen LogP contribution in [0.1, 0.15) is 22.3 Å². The first-order valence-electron chi connectivity index (χ1n) is 13.5. The number of hydrazine groups is 1. The number of carbonyl (C=O) groups is 3. The minimum atomic E-state index is -4.57. The van der Waals surface area contributed by atoms with E-state index in [-0.39, 0.29) is 43.9 Å². The van der Waals surface area contributed by atoms with Crippen LogP contribution in [0.2, 0.25) is 0 Å². The maximum absolute atomic E-state index is 13.9. The molecule has 2 aliphatic heterocycles. The number of benzene rings is 3. The van der Waals surface area contributed by atoms with Gasteiger partial charge in [-0.05, 0) is 53.1 Å². The molecule has 226 valence electrons. The number of likely N-dealkylation sites (N-methyl/N-ethyl adjacent to an activating group) is 1. The van der Waals surface area contributed by atoms with Gasteiger partial charge in [-0.25, -0.2) is 19.2 Å². The minimum absolute atomic E-state index is 0.0162. The van der Waals surface area contributed by atoms with E-state index in [4.69, 9.17) is 0 Å². The maximum Gasteiger partial charge on any atom is 0.416 e. The Hall–Kier alpha value is -4.65. The van der Waals surface area contributed by atoms with E-state index in [9.17, 15) is 37.1 Å². The van der Waals surface area contributed by atoms with E-state index in [2.05, 4.69) is 5.32 Å². The van der Waals surface area contributed by atoms with Gasteiger partial charge in [-0.3, -0.25) is 9.59 Å². The number of fused-ring (bicyclic) bond motifs is 1. The molecule has 2 saturated heterocycles. The van der Waals surface area contributed by atoms with Gasteiger partial charge in [-0.2, -0.15) is 13.2 Å². The predicted octanol–water partition coefficient (Wildman–Crippen LogP) is 3.73. The number of urea groups is 1. The summed E-state index contributed by atoms with van der Waals surface area (Å²) in [6.45, 7) is -0.468. The average Bonchev–Trinajstić information content (AvgIpc) is 2.95. The number of rotatable bonds is 6. The van der Waals surface area contributed by atoms with Crippen molar-refractivity contribution in [3.8, 4) is 5.75 Å². The highest BCUT2D eigenvalue weighted by Gasteiger charge is 2.50. The third-order valence-electron chi connectivity index (χ3n) is 7.50. The molecule has 2 N–H and O–H groups in total. The van der Waals surface area contributed by atoms with Crippen LogP contribution in [0.4, 0.5) is 22.4 Å². The van der Waals surface area contributed by atoms with Gasteiger partial charge in [0.1, 0.15) is 23.8 Å². The molecule has 0 aromatic heterocycles. The molecule has 2 fully saturated rings. The molecule has 0 radical (unpaired) electrons. The van der Waals surface area contributed by atoms with Gasteiger partial charge in [0, 0.05) is 26.6 Å². The van der Waals surface area contributed by atoms with E-state index >= 15 is 0 Å². The summed E-state index contributed by atoms with van der Waals surface area (Å²) in [6, 6.07) is 14.7. The van der Waals surface area contributed by atoms with E-state index in [1.54, 1.807) is 19.2 Å². The number of phenolic OH excluding ortho intramolecular Hbond substituents is 1. The van der Waals surface area contributed by atoms with Crippen LogP contribution in [0.25, 0.3) is 0 Å². The summed E-state index contributed by atoms with van der Waals surface area (Å²) in [5, 5.41) is 15.2. The van der Waals surface area contributed by atoms with Gasteiger partial charge in [0.25, 0.3) is 0 Å². The van der Waals surface area contributed by atoms with Crippen molar-refractivity contribution in [1.82, 2.24) is 25.1 Å². The number of halogens is 4. The van der Waals surface area contributed by atoms with Crippen molar-refractivity contribution in [2.24, 2.45) is 0 Å². The standard InChI is InChI=1S/C30H29F4N5O4/c1-36-18-27(41)38-25(14-19-7-11-24(40)12-8-19)28(42)37(16-21-3-2-4-22(13-21)30(32,33)34)17-26(38)39(36)29(43)35-15-20-5-9-23(31)10-6-20/h2-13,25-26,40H,14-18H2,1H3,(H,35,43)/t25-,26-/m0/s1. The van der Waals surface area contributed by atoms with Gasteiger partial charge >= 0.3 is 12.2 Å². The Morgan fingerprint density at radius 3 is 2.33 bits per heavy atom. The van der Waals surface area contributed by atoms with E-state index in [1.807, 2.05) is 0 Å². The fraction of sp³-hybridized carbons (Fsp3) is 0.300. The molecule has 0 spiro atoms. The number of alkyl halides is 3. The average molecular weight is 600 g/mol. The summed E-state index contributed by atoms with van der Waals surface area (Å²) in [7, 11) is 1.55. The largest absolute Gasteiger partial charge is 0.508 e. The molecule has 13 heteroatoms. The van der Waals surface area contributed by atoms with Crippen molar-refractivity contribution in [3.63, 3.8) is 0 Å². The second-order valence-electron chi connectivity index (χ2n) is 10.5. The molecule has 43 heavy (non-hydrogen) atoms. The Kier molecular flexibility index (Phi) is 8.27. The molecule has 0 unspecified atom stereocenters. The summed E-state index contributed by atoms with van der Waals surface area (Å²) in [6.07, 6.45) is -5.49. The number of carbonyl (C=O) groups excluding carboxylic acids is 3. The van der Waals surface area contributed by atoms with Crippen molar-refractivity contribution >= 4 is 17.8 Å². The molecule has 2 heterocycles. The minimum Gasteiger partial charge on any atom is -0.508 e. The van der Waals surface area contributed by atoms with Crippen LogP contribution in [-0.4, -0.2) is 75.1 Å². The quantitative estimate of drug-likeness (QED) is 0.421. The summed E-state index contributed by atoms with van der Waals surface area (Å²) in [5.41, 5.74) is 0.654. The molecule has 3 aromatic rings. The molecule has 0 aliphatic carbocycles. The number of piperazine rings is 1. The first kappa shape index (κ1) is 29.8. The Labute approximate surface area is 244 Å². The number of hydrogen-bond acceptors (Lipinski definition) is 5. The van der Waals surface area contributed by atoms with E-state index in [0.717, 1.165) is 12.1 Å². The first-order chi connectivity index (χ1) is 20.4. The molecule has 4 amide bonds. The monoisotopic (exact) mass is 599 g/mol. The molecular weight excluding hydrogens is 570 g/mol. The topological polar surface area (TPSA) is 96.4 Å². The summed E-state index contributed by atoms with van der Waals surface area (Å²) in [4.78, 5) is 43.5. The van der Waals surface area contributed by atoms with Gasteiger partial charge < -0.3 is 20.2 Å². The zero-order valence-corrected chi connectivity index (χ0v) is 23.1. The van der Waals surface area contributed by atoms with Crippen LogP contribution in [0.5, 0.6) is 5.75 Å². The van der Waals surface area contributed by atoms with Gasteiger partial charge in [-0.1, -0.05) is 36.4 Å². The molecular formula is C30H29F4N5O4. The molecule has 9 nitrogen and oxygen atoms in total. The van der Waals surface area contributed by atoms with Crippen LogP contribution in [0.3, 0.4) is 0 Å². The number of phenols is 1. The van der Waals surface area contributed by atoms with Crippen LogP contribution < -0.4 is 5.32 Å². The number of nitrogens with one attached hydrogen (secondary N) is 1. The second-order valence-corrected chi connectivity index (χ2v) is 10.5. The maximum atomic E-state index is 13.9. The second kappa shape index (κ2) is 11.9. The Balaban J connectivity index is 1.46. The lowest BCUT2D eigenvalue weighted by Gasteiger charge is -2.54. The van der Waals surface area contributed by atoms with Crippen molar-refractivity contribution in [2.45, 2.75) is 37.9 Å². The predicted molar refractivity (Wildman–Crippen MR) is 146 cm³/mol. The van der Waals surface area contributed by atoms with Gasteiger partial charge in [0.05, 0.1) is 18.7 Å². The fourth-order valence-corrected chi connectivity index (χ4v) is 5.43. The summed E-state index contributed by atoms with van der Waals surface area (Å²) >= 11 is 0. The van der Waals surface area contributed by atoms with Crippen molar-refractivity contribution in [2.75, 3.05) is 20.1 Å². The third kappa shape index (κ3) is 6.56. The first-order valence-corrected chi connectivity index (χ1v) is 13.5. The normalized spacial score (nSPS) is 19.4. The van der Waals surface area contributed by atoms with E-state index in [1.165, 1.54) is 68.3 Å². The Bertz CT molecular complexity index is 1500. The van der Waals surface area contributed by atoms with Crippen LogP contribution in [0.15, 0.2) is 72.8 Å². The number of hydrogen-bond donors (Lipinski definition) is 2. The SMILES string of the molecule is CN1CC(=O)N2[C@@H](Cc3ccc(O)cc3)C(=O)N(Cc3cccc(C(F)(F)F)c3)C[C@@H]2N1C(=O)NCc1ccc(F)cc1. The molecule has 2 aliphatic rings. The number of amides is 4. The molecule has 0 bridgehead atoms. The highest BCUT2D eigenvalue weighted by atomic mass is 19.4. The molecule has 5 rings (SSSR count). The molecule has 0 saturated carbocycles.